The van der Waals surface area contributed by atoms with Crippen LogP contribution in [0, 0.1) is 0 Å². The van der Waals surface area contributed by atoms with Crippen LogP contribution in [-0.4, -0.2) is 5.11 Å². The lowest BCUT2D eigenvalue weighted by molar-refractivity contribution is 0.173. The number of hydrogen-bond acceptors (Lipinski definition) is 1. The van der Waals surface area contributed by atoms with Crippen molar-refractivity contribution in [3.63, 3.8) is 0 Å². The predicted octanol–water partition coefficient (Wildman–Crippen LogP) is 3.79. The highest BCUT2D eigenvalue weighted by atomic mass is 16.3. The molecule has 0 spiro atoms. The van der Waals surface area contributed by atoms with Gasteiger partial charge in [-0.25, -0.2) is 0 Å². The van der Waals surface area contributed by atoms with E-state index >= 15 is 0 Å². The molecule has 0 aromatic heterocycles. The molecule has 82 valence electrons. The molecule has 1 aliphatic carbocycles. The minimum Gasteiger partial charge on any atom is -0.388 e. The van der Waals surface area contributed by atoms with Crippen LogP contribution in [0.3, 0.4) is 0 Å². The fourth-order valence-corrected chi connectivity index (χ4v) is 2.49. The smallest absolute Gasteiger partial charge is 0.0787 e. The van der Waals surface area contributed by atoms with E-state index in [0.29, 0.717) is 0 Å². The largest absolute Gasteiger partial charge is 0.388 e. The average Bonchev–Trinajstić information content (AvgIpc) is 2.82. The van der Waals surface area contributed by atoms with E-state index in [1.54, 1.807) is 0 Å². The van der Waals surface area contributed by atoms with Crippen LogP contribution in [0.1, 0.15) is 62.2 Å². The van der Waals surface area contributed by atoms with Crippen LogP contribution in [0.15, 0.2) is 24.3 Å². The van der Waals surface area contributed by atoms with E-state index in [4.69, 9.17) is 0 Å². The Kier molecular flexibility index (Phi) is 3.42. The monoisotopic (exact) mass is 204 g/mol. The maximum absolute atomic E-state index is 9.69. The third-order valence-corrected chi connectivity index (χ3v) is 3.53. The van der Waals surface area contributed by atoms with E-state index in [9.17, 15) is 5.11 Å². The summed E-state index contributed by atoms with van der Waals surface area (Å²) in [5.74, 6) is 0.776. The molecule has 0 heterocycles. The minimum absolute atomic E-state index is 0.289. The van der Waals surface area contributed by atoms with Crippen molar-refractivity contribution >= 4 is 0 Å². The zero-order valence-electron chi connectivity index (χ0n) is 9.45. The van der Waals surface area contributed by atoms with E-state index in [0.717, 1.165) is 17.9 Å². The summed E-state index contributed by atoms with van der Waals surface area (Å²) in [6, 6.07) is 8.57. The summed E-state index contributed by atoms with van der Waals surface area (Å²) in [7, 11) is 0. The first-order valence-electron chi connectivity index (χ1n) is 6.09. The Morgan fingerprint density at radius 3 is 2.33 bits per heavy atom. The van der Waals surface area contributed by atoms with Crippen molar-refractivity contribution in [2.75, 3.05) is 0 Å². The molecule has 1 fully saturated rings. The molecule has 2 rings (SSSR count). The zero-order valence-corrected chi connectivity index (χ0v) is 9.45. The van der Waals surface area contributed by atoms with Gasteiger partial charge in [0.2, 0.25) is 0 Å². The molecule has 1 unspecified atom stereocenters. The Labute approximate surface area is 92.1 Å². The van der Waals surface area contributed by atoms with E-state index in [-0.39, 0.29) is 6.10 Å². The predicted molar refractivity (Wildman–Crippen MR) is 62.9 cm³/mol. The lowest BCUT2D eigenvalue weighted by Crippen LogP contribution is -1.97. The second-order valence-corrected chi connectivity index (χ2v) is 4.57. The average molecular weight is 204 g/mol. The normalized spacial score (nSPS) is 19.3. The highest BCUT2D eigenvalue weighted by Crippen LogP contribution is 2.34. The van der Waals surface area contributed by atoms with Gasteiger partial charge in [-0.15, -0.1) is 0 Å². The van der Waals surface area contributed by atoms with Gasteiger partial charge in [0.15, 0.2) is 0 Å². The zero-order chi connectivity index (χ0) is 10.7. The van der Waals surface area contributed by atoms with Crippen LogP contribution in [0.2, 0.25) is 0 Å². The van der Waals surface area contributed by atoms with Crippen LogP contribution >= 0.6 is 0 Å². The molecule has 1 N–H and O–H groups in total. The molecule has 0 radical (unpaired) electrons. The highest BCUT2D eigenvalue weighted by Gasteiger charge is 2.16. The molecule has 1 atom stereocenters. The molecule has 1 saturated carbocycles. The Bertz CT molecular complexity index is 296. The second-order valence-electron chi connectivity index (χ2n) is 4.57. The first-order valence-corrected chi connectivity index (χ1v) is 6.09. The number of rotatable bonds is 3. The molecule has 0 bridgehead atoms. The van der Waals surface area contributed by atoms with Crippen LogP contribution in [0.25, 0.3) is 0 Å². The summed E-state index contributed by atoms with van der Waals surface area (Å²) in [5.41, 5.74) is 2.51. The van der Waals surface area contributed by atoms with Crippen LogP contribution in [-0.2, 0) is 0 Å². The van der Waals surface area contributed by atoms with Gasteiger partial charge in [0.25, 0.3) is 0 Å². The van der Waals surface area contributed by atoms with E-state index in [1.165, 1.54) is 31.2 Å². The van der Waals surface area contributed by atoms with Crippen molar-refractivity contribution in [2.45, 2.75) is 51.0 Å². The van der Waals surface area contributed by atoms with Crippen molar-refractivity contribution in [1.82, 2.24) is 0 Å². The van der Waals surface area contributed by atoms with Crippen molar-refractivity contribution in [3.05, 3.63) is 35.4 Å². The van der Waals surface area contributed by atoms with Gasteiger partial charge >= 0.3 is 0 Å². The van der Waals surface area contributed by atoms with Crippen LogP contribution in [0.5, 0.6) is 0 Å². The van der Waals surface area contributed by atoms with Crippen LogP contribution < -0.4 is 0 Å². The van der Waals surface area contributed by atoms with Crippen molar-refractivity contribution in [1.29, 1.82) is 0 Å². The first-order chi connectivity index (χ1) is 7.31. The summed E-state index contributed by atoms with van der Waals surface area (Å²) >= 11 is 0. The van der Waals surface area contributed by atoms with E-state index < -0.39 is 0 Å². The summed E-state index contributed by atoms with van der Waals surface area (Å²) < 4.78 is 0. The van der Waals surface area contributed by atoms with Gasteiger partial charge in [-0.1, -0.05) is 44.0 Å². The van der Waals surface area contributed by atoms with Gasteiger partial charge in [-0.2, -0.15) is 0 Å². The molecule has 0 saturated heterocycles. The summed E-state index contributed by atoms with van der Waals surface area (Å²) in [6.45, 7) is 2.01. The SMILES string of the molecule is CCC(O)c1ccc(C2CCCC2)cc1. The fraction of sp³-hybridized carbons (Fsp3) is 0.571. The van der Waals surface area contributed by atoms with Gasteiger partial charge in [0.05, 0.1) is 6.10 Å². The van der Waals surface area contributed by atoms with Gasteiger partial charge in [0.1, 0.15) is 0 Å². The molecule has 1 heteroatoms. The van der Waals surface area contributed by atoms with Crippen molar-refractivity contribution in [3.8, 4) is 0 Å². The Balaban J connectivity index is 2.09. The van der Waals surface area contributed by atoms with Gasteiger partial charge < -0.3 is 5.11 Å². The maximum Gasteiger partial charge on any atom is 0.0787 e. The third kappa shape index (κ3) is 2.40. The molecule has 1 nitrogen and oxygen atoms in total. The number of aliphatic hydroxyl groups is 1. The van der Waals surface area contributed by atoms with Gasteiger partial charge in [-0.05, 0) is 36.3 Å². The van der Waals surface area contributed by atoms with Crippen LogP contribution in [0.4, 0.5) is 0 Å². The Morgan fingerprint density at radius 2 is 1.80 bits per heavy atom. The first kappa shape index (κ1) is 10.7. The summed E-state index contributed by atoms with van der Waals surface area (Å²) in [5, 5.41) is 9.69. The van der Waals surface area contributed by atoms with Crippen molar-refractivity contribution < 1.29 is 5.11 Å². The molecule has 1 aromatic carbocycles. The van der Waals surface area contributed by atoms with Gasteiger partial charge in [-0.3, -0.25) is 0 Å². The standard InChI is InChI=1S/C14H20O/c1-2-14(15)13-9-7-12(8-10-13)11-5-3-4-6-11/h7-11,14-15H,2-6H2,1H3. The minimum atomic E-state index is -0.289. The summed E-state index contributed by atoms with van der Waals surface area (Å²) in [6.07, 6.45) is 5.95. The second kappa shape index (κ2) is 4.80. The Morgan fingerprint density at radius 1 is 1.20 bits per heavy atom. The number of benzene rings is 1. The molecule has 0 amide bonds. The van der Waals surface area contributed by atoms with E-state index in [1.807, 2.05) is 6.92 Å². The molecule has 1 aliphatic rings. The highest BCUT2D eigenvalue weighted by molar-refractivity contribution is 5.27. The number of hydrogen-bond donors (Lipinski definition) is 1. The lowest BCUT2D eigenvalue weighted by atomic mass is 9.95. The molecular weight excluding hydrogens is 184 g/mol. The molecule has 1 aromatic rings. The molecule has 0 aliphatic heterocycles. The third-order valence-electron chi connectivity index (χ3n) is 3.53. The Hall–Kier alpha value is -0.820. The maximum atomic E-state index is 9.69. The van der Waals surface area contributed by atoms with Crippen molar-refractivity contribution in [2.24, 2.45) is 0 Å². The molecular formula is C14H20O. The lowest BCUT2D eigenvalue weighted by Gasteiger charge is -2.12. The topological polar surface area (TPSA) is 20.2 Å². The van der Waals surface area contributed by atoms with Gasteiger partial charge in [0, 0.05) is 0 Å². The fourth-order valence-electron chi connectivity index (χ4n) is 2.49. The quantitative estimate of drug-likeness (QED) is 0.794. The van der Waals surface area contributed by atoms with E-state index in [2.05, 4.69) is 24.3 Å². The number of aliphatic hydroxyl groups excluding tert-OH is 1. The summed E-state index contributed by atoms with van der Waals surface area (Å²) in [4.78, 5) is 0. The molecule has 15 heavy (non-hydrogen) atoms.